The molecule has 180 valence electrons. The van der Waals surface area contributed by atoms with E-state index in [1.165, 1.54) is 5.56 Å². The summed E-state index contributed by atoms with van der Waals surface area (Å²) in [6.07, 6.45) is 6.15. The first kappa shape index (κ1) is 23.1. The van der Waals surface area contributed by atoms with E-state index in [0.29, 0.717) is 12.3 Å². The van der Waals surface area contributed by atoms with Gasteiger partial charge in [-0.2, -0.15) is 0 Å². The number of hydrogen-bond acceptors (Lipinski definition) is 4. The Morgan fingerprint density at radius 1 is 1.11 bits per heavy atom. The maximum absolute atomic E-state index is 12.9. The minimum Gasteiger partial charge on any atom is -0.355 e. The lowest BCUT2D eigenvalue weighted by atomic mass is 9.86. The first-order valence-corrected chi connectivity index (χ1v) is 12.4. The number of aromatic nitrogens is 3. The van der Waals surface area contributed by atoms with E-state index in [-0.39, 0.29) is 11.3 Å². The molecule has 1 aliphatic rings. The molecule has 3 heterocycles. The van der Waals surface area contributed by atoms with Crippen molar-refractivity contribution in [2.24, 2.45) is 0 Å². The van der Waals surface area contributed by atoms with Crippen molar-refractivity contribution in [2.75, 3.05) is 23.3 Å². The van der Waals surface area contributed by atoms with Gasteiger partial charge in [0, 0.05) is 30.9 Å². The van der Waals surface area contributed by atoms with Crippen LogP contribution in [-0.2, 0) is 16.6 Å². The second-order valence-corrected chi connectivity index (χ2v) is 10.5. The fourth-order valence-electron chi connectivity index (χ4n) is 5.14. The van der Waals surface area contributed by atoms with Crippen LogP contribution in [0.3, 0.4) is 0 Å². The molecule has 0 radical (unpaired) electrons. The average Bonchev–Trinajstić information content (AvgIpc) is 3.33. The summed E-state index contributed by atoms with van der Waals surface area (Å²) in [4.78, 5) is 27.4. The number of nitrogens with zero attached hydrogens (tertiary/aromatic N) is 3. The van der Waals surface area contributed by atoms with Crippen LogP contribution in [0.5, 0.6) is 0 Å². The number of fused-ring (bicyclic) bond motifs is 1. The molecule has 0 unspecified atom stereocenters. The molecule has 1 aliphatic heterocycles. The Balaban J connectivity index is 1.29. The number of benzene rings is 2. The SMILES string of the molecule is CC(C)(C)c1ccccc1NC(=O)Cc1cccc([C@@H]2CCCN(c3ncnc4[nH]ccc34)C2)c1. The van der Waals surface area contributed by atoms with E-state index in [1.54, 1.807) is 6.33 Å². The molecule has 1 atom stereocenters. The van der Waals surface area contributed by atoms with E-state index < -0.39 is 0 Å². The molecule has 1 fully saturated rings. The molecular weight excluding hydrogens is 434 g/mol. The van der Waals surface area contributed by atoms with Crippen molar-refractivity contribution in [2.45, 2.75) is 51.4 Å². The molecule has 0 spiro atoms. The number of amides is 1. The number of nitrogens with one attached hydrogen (secondary N) is 2. The Bertz CT molecular complexity index is 1340. The second-order valence-electron chi connectivity index (χ2n) is 10.5. The monoisotopic (exact) mass is 467 g/mol. The van der Waals surface area contributed by atoms with Crippen LogP contribution in [0.2, 0.25) is 0 Å². The van der Waals surface area contributed by atoms with Crippen molar-refractivity contribution in [3.05, 3.63) is 83.8 Å². The van der Waals surface area contributed by atoms with Crippen LogP contribution < -0.4 is 10.2 Å². The van der Waals surface area contributed by atoms with Gasteiger partial charge in [0.1, 0.15) is 17.8 Å². The molecule has 2 aromatic heterocycles. The summed E-state index contributed by atoms with van der Waals surface area (Å²) in [5.41, 5.74) is 5.20. The highest BCUT2D eigenvalue weighted by atomic mass is 16.1. The number of carbonyl (C=O) groups excluding carboxylic acids is 1. The lowest BCUT2D eigenvalue weighted by Crippen LogP contribution is -2.35. The molecule has 0 bridgehead atoms. The number of para-hydroxylation sites is 1. The maximum Gasteiger partial charge on any atom is 0.228 e. The van der Waals surface area contributed by atoms with Gasteiger partial charge in [0.25, 0.3) is 0 Å². The number of rotatable bonds is 5. The fourth-order valence-corrected chi connectivity index (χ4v) is 5.14. The average molecular weight is 468 g/mol. The van der Waals surface area contributed by atoms with Crippen LogP contribution in [0.15, 0.2) is 67.1 Å². The summed E-state index contributed by atoms with van der Waals surface area (Å²) in [6.45, 7) is 8.39. The zero-order valence-electron chi connectivity index (χ0n) is 20.7. The highest BCUT2D eigenvalue weighted by Gasteiger charge is 2.24. The van der Waals surface area contributed by atoms with Gasteiger partial charge in [-0.25, -0.2) is 9.97 Å². The molecule has 35 heavy (non-hydrogen) atoms. The van der Waals surface area contributed by atoms with Gasteiger partial charge >= 0.3 is 0 Å². The first-order chi connectivity index (χ1) is 16.9. The molecule has 0 saturated carbocycles. The largest absolute Gasteiger partial charge is 0.355 e. The molecular formula is C29H33N5O. The van der Waals surface area contributed by atoms with E-state index in [1.807, 2.05) is 36.5 Å². The highest BCUT2D eigenvalue weighted by Crippen LogP contribution is 2.33. The lowest BCUT2D eigenvalue weighted by molar-refractivity contribution is -0.115. The van der Waals surface area contributed by atoms with Gasteiger partial charge in [0.15, 0.2) is 0 Å². The molecule has 4 aromatic rings. The van der Waals surface area contributed by atoms with Gasteiger partial charge in [-0.1, -0.05) is 63.2 Å². The van der Waals surface area contributed by atoms with Crippen molar-refractivity contribution < 1.29 is 4.79 Å². The Labute approximate surface area is 206 Å². The van der Waals surface area contributed by atoms with E-state index in [4.69, 9.17) is 0 Å². The summed E-state index contributed by atoms with van der Waals surface area (Å²) in [7, 11) is 0. The van der Waals surface area contributed by atoms with Crippen molar-refractivity contribution in [1.82, 2.24) is 15.0 Å². The third-order valence-electron chi connectivity index (χ3n) is 6.85. The molecule has 5 rings (SSSR count). The van der Waals surface area contributed by atoms with Crippen molar-refractivity contribution in [1.29, 1.82) is 0 Å². The van der Waals surface area contributed by atoms with Gasteiger partial charge in [-0.15, -0.1) is 0 Å². The van der Waals surface area contributed by atoms with Gasteiger partial charge in [0.2, 0.25) is 5.91 Å². The summed E-state index contributed by atoms with van der Waals surface area (Å²) >= 11 is 0. The van der Waals surface area contributed by atoms with E-state index in [0.717, 1.165) is 59.6 Å². The molecule has 6 heteroatoms. The van der Waals surface area contributed by atoms with Crippen LogP contribution >= 0.6 is 0 Å². The van der Waals surface area contributed by atoms with Crippen LogP contribution in [0.4, 0.5) is 11.5 Å². The molecule has 2 N–H and O–H groups in total. The number of H-pyrrole nitrogens is 1. The summed E-state index contributed by atoms with van der Waals surface area (Å²) in [5.74, 6) is 1.41. The first-order valence-electron chi connectivity index (χ1n) is 12.4. The number of aromatic amines is 1. The van der Waals surface area contributed by atoms with Crippen LogP contribution in [0, 0.1) is 0 Å². The molecule has 1 amide bonds. The smallest absolute Gasteiger partial charge is 0.228 e. The van der Waals surface area contributed by atoms with E-state index >= 15 is 0 Å². The van der Waals surface area contributed by atoms with Crippen LogP contribution in [-0.4, -0.2) is 33.9 Å². The minimum atomic E-state index is -0.0354. The normalized spacial score (nSPS) is 16.4. The summed E-state index contributed by atoms with van der Waals surface area (Å²) in [5, 5.41) is 4.21. The van der Waals surface area contributed by atoms with Gasteiger partial charge < -0.3 is 15.2 Å². The molecule has 2 aromatic carbocycles. The third-order valence-corrected chi connectivity index (χ3v) is 6.85. The second kappa shape index (κ2) is 9.53. The fraction of sp³-hybridized carbons (Fsp3) is 0.345. The number of anilines is 2. The zero-order valence-corrected chi connectivity index (χ0v) is 20.7. The topological polar surface area (TPSA) is 73.9 Å². The summed E-state index contributed by atoms with van der Waals surface area (Å²) in [6, 6.07) is 18.6. The molecule has 0 aliphatic carbocycles. The maximum atomic E-state index is 12.9. The van der Waals surface area contributed by atoms with Crippen molar-refractivity contribution in [3.63, 3.8) is 0 Å². The minimum absolute atomic E-state index is 0.0138. The quantitative estimate of drug-likeness (QED) is 0.388. The Kier molecular flexibility index (Phi) is 6.29. The molecule has 6 nitrogen and oxygen atoms in total. The number of piperidine rings is 1. The number of carbonyl (C=O) groups is 1. The zero-order chi connectivity index (χ0) is 24.4. The Morgan fingerprint density at radius 2 is 1.97 bits per heavy atom. The predicted octanol–water partition coefficient (Wildman–Crippen LogP) is 5.82. The van der Waals surface area contributed by atoms with E-state index in [2.05, 4.69) is 70.2 Å². The summed E-state index contributed by atoms with van der Waals surface area (Å²) < 4.78 is 0. The highest BCUT2D eigenvalue weighted by molar-refractivity contribution is 5.93. The van der Waals surface area contributed by atoms with E-state index in [9.17, 15) is 4.79 Å². The lowest BCUT2D eigenvalue weighted by Gasteiger charge is -2.34. The van der Waals surface area contributed by atoms with Gasteiger partial charge in [0.05, 0.1) is 11.8 Å². The Hall–Kier alpha value is -3.67. The number of hydrogen-bond donors (Lipinski definition) is 2. The van der Waals surface area contributed by atoms with Crippen molar-refractivity contribution in [3.8, 4) is 0 Å². The van der Waals surface area contributed by atoms with Gasteiger partial charge in [-0.05, 0) is 47.1 Å². The third kappa shape index (κ3) is 5.06. The standard InChI is InChI=1S/C29H33N5O/c1-29(2,3)24-11-4-5-12-25(24)33-26(35)17-20-8-6-9-21(16-20)22-10-7-15-34(18-22)28-23-13-14-30-27(23)31-19-32-28/h4-6,8-9,11-14,16,19,22H,7,10,15,17-18H2,1-3H3,(H,33,35)(H,30,31,32)/t22-/m1/s1. The molecule has 1 saturated heterocycles. The van der Waals surface area contributed by atoms with Crippen LogP contribution in [0.1, 0.15) is 56.2 Å². The predicted molar refractivity (Wildman–Crippen MR) is 142 cm³/mol. The van der Waals surface area contributed by atoms with Gasteiger partial charge in [-0.3, -0.25) is 4.79 Å². The van der Waals surface area contributed by atoms with Crippen molar-refractivity contribution >= 4 is 28.4 Å². The Morgan fingerprint density at radius 3 is 2.83 bits per heavy atom. The van der Waals surface area contributed by atoms with Crippen LogP contribution in [0.25, 0.3) is 11.0 Å².